The van der Waals surface area contributed by atoms with Gasteiger partial charge in [0.25, 0.3) is 0 Å². The first kappa shape index (κ1) is 10.4. The zero-order valence-corrected chi connectivity index (χ0v) is 9.43. The Kier molecular flexibility index (Phi) is 3.15. The Bertz CT molecular complexity index is 346. The minimum absolute atomic E-state index is 0.168. The van der Waals surface area contributed by atoms with Crippen molar-refractivity contribution in [3.8, 4) is 0 Å². The van der Waals surface area contributed by atoms with E-state index in [9.17, 15) is 4.79 Å². The van der Waals surface area contributed by atoms with E-state index in [1.165, 1.54) is 24.2 Å². The lowest BCUT2D eigenvalue weighted by Crippen LogP contribution is -2.36. The standard InChI is InChI=1S/C9H14N4OS/c1-6-12-13-9(15-6)11-8(14)10-7-4-2-3-5-7/h7H,2-5H2,1H3,(H2,10,11,13,14). The van der Waals surface area contributed by atoms with Crippen LogP contribution < -0.4 is 10.6 Å². The highest BCUT2D eigenvalue weighted by molar-refractivity contribution is 7.15. The topological polar surface area (TPSA) is 66.9 Å². The van der Waals surface area contributed by atoms with Crippen molar-refractivity contribution < 1.29 is 4.79 Å². The van der Waals surface area contributed by atoms with Gasteiger partial charge >= 0.3 is 6.03 Å². The van der Waals surface area contributed by atoms with Crippen LogP contribution in [0.15, 0.2) is 0 Å². The number of nitrogens with one attached hydrogen (secondary N) is 2. The van der Waals surface area contributed by atoms with E-state index >= 15 is 0 Å². The molecule has 0 aromatic carbocycles. The molecule has 1 aromatic heterocycles. The summed E-state index contributed by atoms with van der Waals surface area (Å²) in [7, 11) is 0. The summed E-state index contributed by atoms with van der Waals surface area (Å²) >= 11 is 1.38. The van der Waals surface area contributed by atoms with Crippen LogP contribution >= 0.6 is 11.3 Å². The van der Waals surface area contributed by atoms with Crippen LogP contribution in [-0.4, -0.2) is 22.3 Å². The van der Waals surface area contributed by atoms with Gasteiger partial charge in [-0.1, -0.05) is 24.2 Å². The van der Waals surface area contributed by atoms with Crippen LogP contribution in [-0.2, 0) is 0 Å². The number of carbonyl (C=O) groups excluding carboxylic acids is 1. The first-order valence-corrected chi connectivity index (χ1v) is 5.93. The molecule has 0 unspecified atom stereocenters. The maximum Gasteiger partial charge on any atom is 0.321 e. The molecule has 15 heavy (non-hydrogen) atoms. The summed E-state index contributed by atoms with van der Waals surface area (Å²) in [6, 6.07) is 0.164. The van der Waals surface area contributed by atoms with Crippen molar-refractivity contribution in [2.75, 3.05) is 5.32 Å². The second-order valence-corrected chi connectivity index (χ2v) is 4.89. The van der Waals surface area contributed by atoms with Gasteiger partial charge in [0.05, 0.1) is 0 Å². The molecule has 1 heterocycles. The van der Waals surface area contributed by atoms with Crippen LogP contribution in [0.4, 0.5) is 9.93 Å². The molecule has 5 nitrogen and oxygen atoms in total. The van der Waals surface area contributed by atoms with Gasteiger partial charge in [-0.2, -0.15) is 0 Å². The van der Waals surface area contributed by atoms with E-state index < -0.39 is 0 Å². The van der Waals surface area contributed by atoms with Crippen molar-refractivity contribution in [1.82, 2.24) is 15.5 Å². The van der Waals surface area contributed by atoms with Crippen molar-refractivity contribution in [3.05, 3.63) is 5.01 Å². The van der Waals surface area contributed by atoms with Crippen LogP contribution in [0.25, 0.3) is 0 Å². The number of hydrogen-bond donors (Lipinski definition) is 2. The van der Waals surface area contributed by atoms with Gasteiger partial charge in [-0.3, -0.25) is 5.32 Å². The molecule has 0 bridgehead atoms. The molecule has 6 heteroatoms. The largest absolute Gasteiger partial charge is 0.335 e. The van der Waals surface area contributed by atoms with Crippen LogP contribution in [0.2, 0.25) is 0 Å². The van der Waals surface area contributed by atoms with Crippen LogP contribution in [0.1, 0.15) is 30.7 Å². The van der Waals surface area contributed by atoms with Crippen molar-refractivity contribution >= 4 is 22.5 Å². The molecule has 2 rings (SSSR count). The van der Waals surface area contributed by atoms with E-state index in [4.69, 9.17) is 0 Å². The summed E-state index contributed by atoms with van der Waals surface area (Å²) in [4.78, 5) is 11.5. The van der Waals surface area contributed by atoms with E-state index in [-0.39, 0.29) is 6.03 Å². The predicted octanol–water partition coefficient (Wildman–Crippen LogP) is 1.91. The first-order chi connectivity index (χ1) is 7.24. The van der Waals surface area contributed by atoms with E-state index in [2.05, 4.69) is 20.8 Å². The third-order valence-electron chi connectivity index (χ3n) is 2.44. The van der Waals surface area contributed by atoms with Gasteiger partial charge in [-0.05, 0) is 19.8 Å². The molecule has 82 valence electrons. The van der Waals surface area contributed by atoms with Crippen molar-refractivity contribution in [2.24, 2.45) is 0 Å². The Morgan fingerprint density at radius 2 is 2.13 bits per heavy atom. The molecule has 0 aliphatic heterocycles. The van der Waals surface area contributed by atoms with E-state index in [0.717, 1.165) is 17.8 Å². The molecule has 0 spiro atoms. The summed E-state index contributed by atoms with van der Waals surface area (Å²) in [6.45, 7) is 1.86. The summed E-state index contributed by atoms with van der Waals surface area (Å²) in [5, 5.41) is 14.7. The zero-order chi connectivity index (χ0) is 10.7. The lowest BCUT2D eigenvalue weighted by atomic mass is 10.3. The maximum atomic E-state index is 11.5. The molecule has 1 aliphatic rings. The van der Waals surface area contributed by atoms with Crippen LogP contribution in [0, 0.1) is 6.92 Å². The third kappa shape index (κ3) is 2.89. The fourth-order valence-corrected chi connectivity index (χ4v) is 2.32. The van der Waals surface area contributed by atoms with Gasteiger partial charge in [0, 0.05) is 6.04 Å². The van der Waals surface area contributed by atoms with E-state index in [0.29, 0.717) is 11.2 Å². The highest BCUT2D eigenvalue weighted by atomic mass is 32.1. The van der Waals surface area contributed by atoms with Gasteiger partial charge in [0.15, 0.2) is 0 Å². The highest BCUT2D eigenvalue weighted by Gasteiger charge is 2.17. The molecule has 1 fully saturated rings. The van der Waals surface area contributed by atoms with Crippen molar-refractivity contribution in [1.29, 1.82) is 0 Å². The fraction of sp³-hybridized carbons (Fsp3) is 0.667. The number of aromatic nitrogens is 2. The molecule has 1 aromatic rings. The molecule has 0 atom stereocenters. The average Bonchev–Trinajstić information content (AvgIpc) is 2.77. The number of amides is 2. The maximum absolute atomic E-state index is 11.5. The van der Waals surface area contributed by atoms with Gasteiger partial charge in [-0.15, -0.1) is 10.2 Å². The normalized spacial score (nSPS) is 16.6. The number of nitrogens with zero attached hydrogens (tertiary/aromatic N) is 2. The number of hydrogen-bond acceptors (Lipinski definition) is 4. The number of aryl methyl sites for hydroxylation is 1. The Balaban J connectivity index is 1.81. The van der Waals surface area contributed by atoms with E-state index in [1.807, 2.05) is 6.92 Å². The number of anilines is 1. The van der Waals surface area contributed by atoms with Crippen molar-refractivity contribution in [2.45, 2.75) is 38.6 Å². The molecule has 0 saturated heterocycles. The molecule has 2 N–H and O–H groups in total. The summed E-state index contributed by atoms with van der Waals surface area (Å²) in [5.74, 6) is 0. The van der Waals surface area contributed by atoms with Gasteiger partial charge in [0.2, 0.25) is 5.13 Å². The number of carbonyl (C=O) groups is 1. The van der Waals surface area contributed by atoms with Gasteiger partial charge < -0.3 is 5.32 Å². The van der Waals surface area contributed by atoms with Crippen LogP contribution in [0.5, 0.6) is 0 Å². The lowest BCUT2D eigenvalue weighted by molar-refractivity contribution is 0.248. The number of urea groups is 1. The smallest absolute Gasteiger partial charge is 0.321 e. The second kappa shape index (κ2) is 4.57. The van der Waals surface area contributed by atoms with Crippen molar-refractivity contribution in [3.63, 3.8) is 0 Å². The first-order valence-electron chi connectivity index (χ1n) is 5.11. The Labute approximate surface area is 92.3 Å². The molecular formula is C9H14N4OS. The Morgan fingerprint density at radius 1 is 1.40 bits per heavy atom. The molecular weight excluding hydrogens is 212 g/mol. The summed E-state index contributed by atoms with van der Waals surface area (Å²) in [5.41, 5.74) is 0. The number of rotatable bonds is 2. The predicted molar refractivity (Wildman–Crippen MR) is 59.1 cm³/mol. The average molecular weight is 226 g/mol. The second-order valence-electron chi connectivity index (χ2n) is 3.71. The SMILES string of the molecule is Cc1nnc(NC(=O)NC2CCCC2)s1. The molecule has 1 aliphatic carbocycles. The monoisotopic (exact) mass is 226 g/mol. The van der Waals surface area contributed by atoms with Gasteiger partial charge in [0.1, 0.15) is 5.01 Å². The quantitative estimate of drug-likeness (QED) is 0.809. The molecule has 1 saturated carbocycles. The van der Waals surface area contributed by atoms with Gasteiger partial charge in [-0.25, -0.2) is 4.79 Å². The molecule has 0 radical (unpaired) electrons. The Hall–Kier alpha value is -1.17. The Morgan fingerprint density at radius 3 is 2.73 bits per heavy atom. The zero-order valence-electron chi connectivity index (χ0n) is 8.62. The third-order valence-corrected chi connectivity index (χ3v) is 3.19. The lowest BCUT2D eigenvalue weighted by Gasteiger charge is -2.10. The summed E-state index contributed by atoms with van der Waals surface area (Å²) < 4.78 is 0. The minimum Gasteiger partial charge on any atom is -0.335 e. The van der Waals surface area contributed by atoms with E-state index in [1.54, 1.807) is 0 Å². The highest BCUT2D eigenvalue weighted by Crippen LogP contribution is 2.18. The van der Waals surface area contributed by atoms with Crippen LogP contribution in [0.3, 0.4) is 0 Å². The minimum atomic E-state index is -0.168. The fourth-order valence-electron chi connectivity index (χ4n) is 1.74. The molecule has 2 amide bonds. The summed E-state index contributed by atoms with van der Waals surface area (Å²) in [6.07, 6.45) is 4.59.